The molecule has 0 saturated carbocycles. The molecule has 0 aromatic carbocycles. The van der Waals surface area contributed by atoms with Crippen LogP contribution in [0, 0.1) is 6.92 Å². The molecule has 1 aliphatic rings. The lowest BCUT2D eigenvalue weighted by Crippen LogP contribution is -2.47. The lowest BCUT2D eigenvalue weighted by atomic mass is 10.2. The van der Waals surface area contributed by atoms with E-state index in [1.54, 1.807) is 18.6 Å². The highest BCUT2D eigenvalue weighted by molar-refractivity contribution is 7.98. The van der Waals surface area contributed by atoms with Crippen LogP contribution < -0.4 is 9.80 Å². The lowest BCUT2D eigenvalue weighted by molar-refractivity contribution is 0.145. The van der Waals surface area contributed by atoms with Crippen LogP contribution in [-0.2, 0) is 0 Å². The van der Waals surface area contributed by atoms with Crippen molar-refractivity contribution in [1.82, 2.24) is 24.9 Å². The molecule has 0 amide bonds. The molecule has 0 N–H and O–H groups in total. The van der Waals surface area contributed by atoms with Gasteiger partial charge in [-0.1, -0.05) is 11.8 Å². The molecule has 3 aromatic heterocycles. The van der Waals surface area contributed by atoms with Gasteiger partial charge in [0.25, 0.3) is 6.43 Å². The number of aromatic nitrogens is 5. The highest BCUT2D eigenvalue weighted by Crippen LogP contribution is 2.27. The molecule has 28 heavy (non-hydrogen) atoms. The first-order valence-electron chi connectivity index (χ1n) is 8.84. The van der Waals surface area contributed by atoms with Crippen LogP contribution in [0.15, 0.2) is 29.7 Å². The van der Waals surface area contributed by atoms with Crippen molar-refractivity contribution in [2.24, 2.45) is 0 Å². The number of thioether (sulfide) groups is 1. The minimum Gasteiger partial charge on any atom is -0.353 e. The van der Waals surface area contributed by atoms with E-state index in [2.05, 4.69) is 29.8 Å². The van der Waals surface area contributed by atoms with Crippen LogP contribution in [0.4, 0.5) is 20.4 Å². The third kappa shape index (κ3) is 3.68. The summed E-state index contributed by atoms with van der Waals surface area (Å²) in [5.74, 6) is 2.12. The number of nitrogens with zero attached hydrogens (tertiary/aromatic N) is 7. The van der Waals surface area contributed by atoms with Crippen LogP contribution in [0.3, 0.4) is 0 Å². The van der Waals surface area contributed by atoms with Crippen LogP contribution in [0.1, 0.15) is 17.9 Å². The fraction of sp³-hybridized carbons (Fsp3) is 0.389. The predicted octanol–water partition coefficient (Wildman–Crippen LogP) is 3.11. The number of anilines is 2. The van der Waals surface area contributed by atoms with E-state index in [1.165, 1.54) is 17.8 Å². The Morgan fingerprint density at radius 2 is 1.79 bits per heavy atom. The Balaban J connectivity index is 1.57. The summed E-state index contributed by atoms with van der Waals surface area (Å²) in [4.78, 5) is 25.7. The Labute approximate surface area is 165 Å². The highest BCUT2D eigenvalue weighted by atomic mass is 32.2. The van der Waals surface area contributed by atoms with Gasteiger partial charge in [-0.2, -0.15) is 0 Å². The summed E-state index contributed by atoms with van der Waals surface area (Å²) in [7, 11) is 0. The van der Waals surface area contributed by atoms with Gasteiger partial charge in [-0.15, -0.1) is 0 Å². The highest BCUT2D eigenvalue weighted by Gasteiger charge is 2.23. The van der Waals surface area contributed by atoms with E-state index in [-0.39, 0.29) is 5.69 Å². The standard InChI is InChI=1S/C18H19F2N7S/c1-11-22-14-10-21-4-3-12(14)17(23-11)27-7-5-26(6-8-27)15-9-13(16(19)20)24-18(25-15)28-2/h3-4,9-10,16H,5-8H2,1-2H3. The normalized spacial score (nSPS) is 14.9. The summed E-state index contributed by atoms with van der Waals surface area (Å²) in [6, 6.07) is 3.30. The molecule has 0 atom stereocenters. The van der Waals surface area contributed by atoms with Gasteiger partial charge in [0.2, 0.25) is 0 Å². The SMILES string of the molecule is CSc1nc(C(F)F)cc(N2CCN(c3nc(C)nc4cnccc34)CC2)n1. The lowest BCUT2D eigenvalue weighted by Gasteiger charge is -2.36. The number of rotatable bonds is 4. The van der Waals surface area contributed by atoms with Gasteiger partial charge >= 0.3 is 0 Å². The second kappa shape index (κ2) is 7.78. The number of hydrogen-bond donors (Lipinski definition) is 0. The Bertz CT molecular complexity index is 993. The van der Waals surface area contributed by atoms with Gasteiger partial charge in [0.05, 0.1) is 11.7 Å². The summed E-state index contributed by atoms with van der Waals surface area (Å²) in [5, 5.41) is 1.32. The first kappa shape index (κ1) is 18.7. The maximum absolute atomic E-state index is 13.2. The van der Waals surface area contributed by atoms with Crippen LogP contribution in [0.25, 0.3) is 10.9 Å². The molecule has 10 heteroatoms. The van der Waals surface area contributed by atoms with E-state index < -0.39 is 6.43 Å². The van der Waals surface area contributed by atoms with Crippen molar-refractivity contribution in [1.29, 1.82) is 0 Å². The fourth-order valence-corrected chi connectivity index (χ4v) is 3.64. The zero-order valence-electron chi connectivity index (χ0n) is 15.5. The number of aryl methyl sites for hydroxylation is 1. The third-order valence-corrected chi connectivity index (χ3v) is 5.16. The second-order valence-electron chi connectivity index (χ2n) is 6.40. The second-order valence-corrected chi connectivity index (χ2v) is 7.17. The molecule has 3 aromatic rings. The van der Waals surface area contributed by atoms with Gasteiger partial charge in [-0.3, -0.25) is 4.98 Å². The molecule has 146 valence electrons. The van der Waals surface area contributed by atoms with E-state index in [1.807, 2.05) is 17.9 Å². The van der Waals surface area contributed by atoms with Crippen LogP contribution in [0.5, 0.6) is 0 Å². The zero-order chi connectivity index (χ0) is 19.7. The Kier molecular flexibility index (Phi) is 5.21. The molecule has 0 spiro atoms. The first-order chi connectivity index (χ1) is 13.5. The molecule has 0 radical (unpaired) electrons. The Morgan fingerprint density at radius 3 is 2.50 bits per heavy atom. The van der Waals surface area contributed by atoms with Gasteiger partial charge in [-0.05, 0) is 19.2 Å². The van der Waals surface area contributed by atoms with Gasteiger partial charge in [-0.25, -0.2) is 28.7 Å². The van der Waals surface area contributed by atoms with Crippen LogP contribution in [0.2, 0.25) is 0 Å². The average Bonchev–Trinajstić information content (AvgIpc) is 2.72. The number of piperazine rings is 1. The average molecular weight is 403 g/mol. The van der Waals surface area contributed by atoms with Crippen LogP contribution in [-0.4, -0.2) is 57.4 Å². The summed E-state index contributed by atoms with van der Waals surface area (Å²) < 4.78 is 26.3. The maximum Gasteiger partial charge on any atom is 0.280 e. The van der Waals surface area contributed by atoms with Crippen molar-refractivity contribution >= 4 is 34.3 Å². The molecule has 0 aliphatic carbocycles. The third-order valence-electron chi connectivity index (χ3n) is 4.61. The number of hydrogen-bond acceptors (Lipinski definition) is 8. The zero-order valence-corrected chi connectivity index (χ0v) is 16.3. The minimum absolute atomic E-state index is 0.235. The van der Waals surface area contributed by atoms with Crippen LogP contribution >= 0.6 is 11.8 Å². The number of alkyl halides is 2. The number of pyridine rings is 1. The summed E-state index contributed by atoms with van der Waals surface area (Å²) in [5.41, 5.74) is 0.580. The van der Waals surface area contributed by atoms with E-state index in [0.717, 1.165) is 16.7 Å². The molecular formula is C18H19F2N7S. The van der Waals surface area contributed by atoms with Crippen molar-refractivity contribution in [2.75, 3.05) is 42.2 Å². The van der Waals surface area contributed by atoms with Crippen molar-refractivity contribution < 1.29 is 8.78 Å². The molecule has 1 fully saturated rings. The van der Waals surface area contributed by atoms with E-state index in [0.29, 0.717) is 43.0 Å². The minimum atomic E-state index is -2.61. The van der Waals surface area contributed by atoms with Gasteiger partial charge < -0.3 is 9.80 Å². The Hall–Kier alpha value is -2.62. The maximum atomic E-state index is 13.2. The molecular weight excluding hydrogens is 384 g/mol. The van der Waals surface area contributed by atoms with Gasteiger partial charge in [0.15, 0.2) is 5.16 Å². The predicted molar refractivity (Wildman–Crippen MR) is 105 cm³/mol. The number of halogens is 2. The molecule has 1 aliphatic heterocycles. The monoisotopic (exact) mass is 403 g/mol. The number of fused-ring (bicyclic) bond motifs is 1. The summed E-state index contributed by atoms with van der Waals surface area (Å²) in [6.07, 6.45) is 2.64. The van der Waals surface area contributed by atoms with Crippen molar-refractivity contribution in [2.45, 2.75) is 18.5 Å². The molecule has 0 bridgehead atoms. The quantitative estimate of drug-likeness (QED) is 0.486. The summed E-state index contributed by atoms with van der Waals surface area (Å²) in [6.45, 7) is 4.59. The molecule has 1 saturated heterocycles. The first-order valence-corrected chi connectivity index (χ1v) is 10.1. The van der Waals surface area contributed by atoms with Crippen molar-refractivity contribution in [3.05, 3.63) is 36.0 Å². The Morgan fingerprint density at radius 1 is 1.04 bits per heavy atom. The van der Waals surface area contributed by atoms with Gasteiger partial charge in [0.1, 0.15) is 23.2 Å². The van der Waals surface area contributed by atoms with Crippen molar-refractivity contribution in [3.63, 3.8) is 0 Å². The molecule has 7 nitrogen and oxygen atoms in total. The summed E-state index contributed by atoms with van der Waals surface area (Å²) >= 11 is 1.26. The van der Waals surface area contributed by atoms with E-state index in [4.69, 9.17) is 0 Å². The topological polar surface area (TPSA) is 70.9 Å². The van der Waals surface area contributed by atoms with Crippen molar-refractivity contribution in [3.8, 4) is 0 Å². The molecule has 4 rings (SSSR count). The van der Waals surface area contributed by atoms with Gasteiger partial charge in [0, 0.05) is 43.8 Å². The smallest absolute Gasteiger partial charge is 0.280 e. The largest absolute Gasteiger partial charge is 0.353 e. The fourth-order valence-electron chi connectivity index (χ4n) is 3.26. The molecule has 0 unspecified atom stereocenters. The van der Waals surface area contributed by atoms with E-state index >= 15 is 0 Å². The van der Waals surface area contributed by atoms with E-state index in [9.17, 15) is 8.78 Å². The molecule has 4 heterocycles.